The van der Waals surface area contributed by atoms with Crippen LogP contribution in [0, 0.1) is 20.8 Å². The van der Waals surface area contributed by atoms with Crippen LogP contribution in [0.4, 0.5) is 0 Å². The Kier molecular flexibility index (Phi) is 6.01. The first-order valence-electron chi connectivity index (χ1n) is 9.38. The predicted octanol–water partition coefficient (Wildman–Crippen LogP) is 3.56. The highest BCUT2D eigenvalue weighted by Gasteiger charge is 2.16. The monoisotopic (exact) mass is 419 g/mol. The number of aryl methyl sites for hydroxylation is 2. The smallest absolute Gasteiger partial charge is 0.335 e. The number of hydrogen-bond acceptors (Lipinski definition) is 4. The lowest BCUT2D eigenvalue weighted by Gasteiger charge is -2.12. The van der Waals surface area contributed by atoms with Crippen molar-refractivity contribution in [1.29, 1.82) is 0 Å². The molecule has 0 saturated heterocycles. The van der Waals surface area contributed by atoms with Gasteiger partial charge in [-0.2, -0.15) is 5.10 Å². The van der Waals surface area contributed by atoms with Crippen molar-refractivity contribution >= 4 is 24.1 Å². The third-order valence-corrected chi connectivity index (χ3v) is 4.82. The number of hydrogen-bond donors (Lipinski definition) is 3. The quantitative estimate of drug-likeness (QED) is 0.417. The second kappa shape index (κ2) is 8.66. The summed E-state index contributed by atoms with van der Waals surface area (Å²) >= 11 is 0. The van der Waals surface area contributed by atoms with Gasteiger partial charge < -0.3 is 14.8 Å². The van der Waals surface area contributed by atoms with Gasteiger partial charge in [-0.1, -0.05) is 17.7 Å². The van der Waals surface area contributed by atoms with Crippen molar-refractivity contribution in [1.82, 2.24) is 9.99 Å². The molecule has 158 valence electrons. The third-order valence-electron chi connectivity index (χ3n) is 4.82. The molecule has 8 heteroatoms. The Bertz CT molecular complexity index is 1170. The van der Waals surface area contributed by atoms with Crippen LogP contribution in [0.25, 0.3) is 5.69 Å². The van der Waals surface area contributed by atoms with Gasteiger partial charge in [-0.25, -0.2) is 15.0 Å². The predicted molar refractivity (Wildman–Crippen MR) is 115 cm³/mol. The molecule has 0 aliphatic carbocycles. The number of aromatic nitrogens is 1. The number of amides is 1. The molecule has 0 aliphatic rings. The molecule has 0 fully saturated rings. The zero-order valence-corrected chi connectivity index (χ0v) is 17.2. The van der Waals surface area contributed by atoms with Crippen LogP contribution in [0.5, 0.6) is 0 Å². The minimum Gasteiger partial charge on any atom is -0.478 e. The van der Waals surface area contributed by atoms with Crippen LogP contribution < -0.4 is 5.43 Å². The molecular weight excluding hydrogens is 398 g/mol. The Hall–Kier alpha value is -4.20. The molecule has 31 heavy (non-hydrogen) atoms. The molecule has 0 radical (unpaired) electrons. The SMILES string of the molecule is Cc1ccc(C(=O)N/N=C\c2cc(C)n(-c3cc(C(=O)O)cc(C(=O)O)c3)c2C)cc1. The van der Waals surface area contributed by atoms with E-state index in [-0.39, 0.29) is 17.0 Å². The Morgan fingerprint density at radius 3 is 2.00 bits per heavy atom. The number of benzene rings is 2. The summed E-state index contributed by atoms with van der Waals surface area (Å²) in [5, 5.41) is 22.7. The second-order valence-electron chi connectivity index (χ2n) is 7.11. The van der Waals surface area contributed by atoms with Crippen molar-refractivity contribution in [3.8, 4) is 5.69 Å². The van der Waals surface area contributed by atoms with E-state index in [4.69, 9.17) is 0 Å². The Morgan fingerprint density at radius 1 is 0.871 bits per heavy atom. The average Bonchev–Trinajstić information content (AvgIpc) is 3.01. The van der Waals surface area contributed by atoms with Gasteiger partial charge >= 0.3 is 11.9 Å². The number of aromatic carboxylic acids is 2. The molecule has 1 heterocycles. The Labute approximate surface area is 178 Å². The zero-order chi connectivity index (χ0) is 22.7. The van der Waals surface area contributed by atoms with E-state index in [2.05, 4.69) is 10.5 Å². The van der Waals surface area contributed by atoms with Gasteiger partial charge in [0.1, 0.15) is 0 Å². The third kappa shape index (κ3) is 4.69. The van der Waals surface area contributed by atoms with Crippen LogP contribution in [-0.2, 0) is 0 Å². The van der Waals surface area contributed by atoms with Gasteiger partial charge in [-0.3, -0.25) is 4.79 Å². The van der Waals surface area contributed by atoms with Crippen molar-refractivity contribution in [2.24, 2.45) is 5.10 Å². The van der Waals surface area contributed by atoms with Crippen LogP contribution in [0.1, 0.15) is 53.6 Å². The molecular formula is C23H21N3O5. The van der Waals surface area contributed by atoms with Crippen LogP contribution in [0.3, 0.4) is 0 Å². The first-order chi connectivity index (χ1) is 14.7. The Balaban J connectivity index is 1.90. The van der Waals surface area contributed by atoms with Gasteiger partial charge in [0.15, 0.2) is 0 Å². The van der Waals surface area contributed by atoms with Gasteiger partial charge in [0, 0.05) is 28.2 Å². The van der Waals surface area contributed by atoms with Crippen LogP contribution in [0.2, 0.25) is 0 Å². The molecule has 0 atom stereocenters. The molecule has 2 aromatic carbocycles. The van der Waals surface area contributed by atoms with E-state index in [1.807, 2.05) is 32.0 Å². The molecule has 3 aromatic rings. The van der Waals surface area contributed by atoms with Crippen LogP contribution in [0.15, 0.2) is 53.6 Å². The number of rotatable bonds is 6. The lowest BCUT2D eigenvalue weighted by molar-refractivity contribution is 0.0696. The summed E-state index contributed by atoms with van der Waals surface area (Å²) < 4.78 is 1.74. The number of carbonyl (C=O) groups excluding carboxylic acids is 1. The van der Waals surface area contributed by atoms with E-state index in [0.717, 1.165) is 17.3 Å². The highest BCUT2D eigenvalue weighted by atomic mass is 16.4. The molecule has 8 nitrogen and oxygen atoms in total. The van der Waals surface area contributed by atoms with E-state index in [1.165, 1.54) is 18.3 Å². The van der Waals surface area contributed by atoms with Gasteiger partial charge in [0.25, 0.3) is 5.91 Å². The summed E-state index contributed by atoms with van der Waals surface area (Å²) in [6.07, 6.45) is 1.49. The van der Waals surface area contributed by atoms with Crippen LogP contribution >= 0.6 is 0 Å². The largest absolute Gasteiger partial charge is 0.478 e. The fraction of sp³-hybridized carbons (Fsp3) is 0.130. The van der Waals surface area contributed by atoms with Gasteiger partial charge in [0.2, 0.25) is 0 Å². The number of nitrogens with zero attached hydrogens (tertiary/aromatic N) is 2. The molecule has 0 spiro atoms. The summed E-state index contributed by atoms with van der Waals surface area (Å²) in [5.74, 6) is -2.77. The molecule has 1 aromatic heterocycles. The van der Waals surface area contributed by atoms with E-state index in [1.54, 1.807) is 23.6 Å². The zero-order valence-electron chi connectivity index (χ0n) is 17.2. The molecule has 3 N–H and O–H groups in total. The summed E-state index contributed by atoms with van der Waals surface area (Å²) in [6, 6.07) is 12.8. The maximum atomic E-state index is 12.2. The van der Waals surface area contributed by atoms with E-state index >= 15 is 0 Å². The first kappa shape index (κ1) is 21.5. The van der Waals surface area contributed by atoms with E-state index < -0.39 is 11.9 Å². The fourth-order valence-corrected chi connectivity index (χ4v) is 3.23. The van der Waals surface area contributed by atoms with Gasteiger partial charge in [-0.05, 0) is 57.2 Å². The van der Waals surface area contributed by atoms with Crippen LogP contribution in [-0.4, -0.2) is 38.8 Å². The number of carbonyl (C=O) groups is 3. The first-order valence-corrected chi connectivity index (χ1v) is 9.38. The maximum absolute atomic E-state index is 12.2. The van der Waals surface area contributed by atoms with Crippen molar-refractivity contribution < 1.29 is 24.6 Å². The topological polar surface area (TPSA) is 121 Å². The molecule has 0 aliphatic heterocycles. The summed E-state index contributed by atoms with van der Waals surface area (Å²) in [6.45, 7) is 5.54. The van der Waals surface area contributed by atoms with Crippen molar-refractivity contribution in [2.45, 2.75) is 20.8 Å². The summed E-state index contributed by atoms with van der Waals surface area (Å²) in [5.41, 5.74) is 6.34. The number of hydrazone groups is 1. The molecule has 0 saturated carbocycles. The fourth-order valence-electron chi connectivity index (χ4n) is 3.23. The van der Waals surface area contributed by atoms with Crippen molar-refractivity contribution in [2.75, 3.05) is 0 Å². The number of nitrogens with one attached hydrogen (secondary N) is 1. The lowest BCUT2D eigenvalue weighted by Crippen LogP contribution is -2.17. The minimum atomic E-state index is -1.22. The normalized spacial score (nSPS) is 10.9. The maximum Gasteiger partial charge on any atom is 0.335 e. The van der Waals surface area contributed by atoms with E-state index in [0.29, 0.717) is 22.5 Å². The molecule has 0 unspecified atom stereocenters. The van der Waals surface area contributed by atoms with Gasteiger partial charge in [-0.15, -0.1) is 0 Å². The lowest BCUT2D eigenvalue weighted by atomic mass is 10.1. The molecule has 0 bridgehead atoms. The highest BCUT2D eigenvalue weighted by molar-refractivity contribution is 5.96. The second-order valence-corrected chi connectivity index (χ2v) is 7.11. The molecule has 3 rings (SSSR count). The minimum absolute atomic E-state index is 0.122. The highest BCUT2D eigenvalue weighted by Crippen LogP contribution is 2.22. The molecule has 1 amide bonds. The number of carboxylic acid groups (broad SMARTS) is 2. The average molecular weight is 419 g/mol. The standard InChI is InChI=1S/C23H21N3O5/c1-13-4-6-16(7-5-13)21(27)25-24-12-19-8-14(2)26(15(19)3)20-10-17(22(28)29)9-18(11-20)23(30)31/h4-12H,1-3H3,(H,25,27)(H,28,29)(H,30,31)/b24-12-. The summed E-state index contributed by atoms with van der Waals surface area (Å²) in [4.78, 5) is 35.0. The number of carboxylic acids is 2. The van der Waals surface area contributed by atoms with Crippen molar-refractivity contribution in [3.05, 3.63) is 87.7 Å². The Morgan fingerprint density at radius 2 is 1.45 bits per heavy atom. The summed E-state index contributed by atoms with van der Waals surface area (Å²) in [7, 11) is 0. The van der Waals surface area contributed by atoms with E-state index in [9.17, 15) is 24.6 Å². The van der Waals surface area contributed by atoms with Crippen molar-refractivity contribution in [3.63, 3.8) is 0 Å². The van der Waals surface area contributed by atoms with Gasteiger partial charge in [0.05, 0.1) is 17.3 Å².